The highest BCUT2D eigenvalue weighted by Gasteiger charge is 2.13. The molecule has 0 aliphatic rings. The summed E-state index contributed by atoms with van der Waals surface area (Å²) in [6, 6.07) is 6.02. The summed E-state index contributed by atoms with van der Waals surface area (Å²) in [5, 5.41) is 13.0. The molecule has 2 rings (SSSR count). The van der Waals surface area contributed by atoms with E-state index in [-0.39, 0.29) is 5.69 Å². The number of carboxylic acids is 1. The van der Waals surface area contributed by atoms with Gasteiger partial charge in [0.2, 0.25) is 0 Å². The van der Waals surface area contributed by atoms with Crippen molar-refractivity contribution in [1.29, 1.82) is 0 Å². The summed E-state index contributed by atoms with van der Waals surface area (Å²) < 4.78 is 1.61. The molecule has 1 aromatic carbocycles. The summed E-state index contributed by atoms with van der Waals surface area (Å²) in [4.78, 5) is 10.9. The molecule has 2 aromatic rings. The zero-order valence-electron chi connectivity index (χ0n) is 10.1. The average Bonchev–Trinajstić information content (AvgIpc) is 2.59. The second-order valence-corrected chi connectivity index (χ2v) is 4.26. The Bertz CT molecular complexity index is 565. The number of nitrogens with zero attached hydrogens (tertiary/aromatic N) is 2. The summed E-state index contributed by atoms with van der Waals surface area (Å²) >= 11 is 0. The highest BCUT2D eigenvalue weighted by atomic mass is 16.4. The first-order valence-corrected chi connectivity index (χ1v) is 5.35. The van der Waals surface area contributed by atoms with Crippen LogP contribution in [0.15, 0.2) is 24.4 Å². The van der Waals surface area contributed by atoms with Crippen molar-refractivity contribution in [3.05, 3.63) is 46.8 Å². The molecule has 0 bridgehead atoms. The van der Waals surface area contributed by atoms with E-state index in [0.717, 1.165) is 16.8 Å². The smallest absolute Gasteiger partial charge is 0.356 e. The fourth-order valence-corrected chi connectivity index (χ4v) is 1.89. The number of aromatic carboxylic acids is 1. The van der Waals surface area contributed by atoms with Crippen LogP contribution in [0, 0.1) is 20.8 Å². The van der Waals surface area contributed by atoms with Gasteiger partial charge in [-0.1, -0.05) is 6.07 Å². The Balaban J connectivity index is 2.53. The fourth-order valence-electron chi connectivity index (χ4n) is 1.89. The maximum Gasteiger partial charge on any atom is 0.356 e. The first-order chi connectivity index (χ1) is 7.97. The molecule has 0 saturated heterocycles. The van der Waals surface area contributed by atoms with Gasteiger partial charge in [0.05, 0.1) is 5.69 Å². The first-order valence-electron chi connectivity index (χ1n) is 5.35. The molecule has 17 heavy (non-hydrogen) atoms. The normalized spacial score (nSPS) is 10.5. The van der Waals surface area contributed by atoms with Crippen LogP contribution in [0.2, 0.25) is 0 Å². The van der Waals surface area contributed by atoms with Gasteiger partial charge in [-0.3, -0.25) is 0 Å². The summed E-state index contributed by atoms with van der Waals surface area (Å²) in [5.41, 5.74) is 3.91. The van der Waals surface area contributed by atoms with Gasteiger partial charge in [0.25, 0.3) is 0 Å². The highest BCUT2D eigenvalue weighted by Crippen LogP contribution is 2.15. The van der Waals surface area contributed by atoms with Gasteiger partial charge in [0.15, 0.2) is 5.69 Å². The van der Waals surface area contributed by atoms with Crippen LogP contribution >= 0.6 is 0 Å². The molecule has 1 heterocycles. The third-order valence-electron chi connectivity index (χ3n) is 2.57. The standard InChI is InChI=1S/C13H14N2O2/c1-8-4-9(2)6-11(5-8)15-7-10(3)12(14-15)13(16)17/h4-7H,1-3H3,(H,16,17). The molecule has 0 aliphatic heterocycles. The second-order valence-electron chi connectivity index (χ2n) is 4.26. The Morgan fingerprint density at radius 3 is 2.24 bits per heavy atom. The molecular weight excluding hydrogens is 216 g/mol. The van der Waals surface area contributed by atoms with Crippen molar-refractivity contribution < 1.29 is 9.90 Å². The summed E-state index contributed by atoms with van der Waals surface area (Å²) in [7, 11) is 0. The minimum Gasteiger partial charge on any atom is -0.476 e. The lowest BCUT2D eigenvalue weighted by Gasteiger charge is -2.04. The minimum absolute atomic E-state index is 0.101. The molecule has 4 heteroatoms. The molecule has 0 aliphatic carbocycles. The number of hydrogen-bond donors (Lipinski definition) is 1. The fraction of sp³-hybridized carbons (Fsp3) is 0.231. The summed E-state index contributed by atoms with van der Waals surface area (Å²) in [6.07, 6.45) is 1.73. The molecule has 0 unspecified atom stereocenters. The van der Waals surface area contributed by atoms with Crippen molar-refractivity contribution >= 4 is 5.97 Å². The van der Waals surface area contributed by atoms with Crippen LogP contribution in [-0.2, 0) is 0 Å². The molecule has 1 aromatic heterocycles. The van der Waals surface area contributed by atoms with Gasteiger partial charge in [0, 0.05) is 11.8 Å². The van der Waals surface area contributed by atoms with Gasteiger partial charge >= 0.3 is 5.97 Å². The van der Waals surface area contributed by atoms with Crippen molar-refractivity contribution in [3.8, 4) is 5.69 Å². The van der Waals surface area contributed by atoms with Crippen LogP contribution in [0.3, 0.4) is 0 Å². The van der Waals surface area contributed by atoms with Crippen molar-refractivity contribution in [2.24, 2.45) is 0 Å². The van der Waals surface area contributed by atoms with E-state index >= 15 is 0 Å². The summed E-state index contributed by atoms with van der Waals surface area (Å²) in [6.45, 7) is 5.76. The molecule has 0 atom stereocenters. The SMILES string of the molecule is Cc1cc(C)cc(-n2cc(C)c(C(=O)O)n2)c1. The Kier molecular flexibility index (Phi) is 2.71. The van der Waals surface area contributed by atoms with Gasteiger partial charge in [-0.15, -0.1) is 0 Å². The van der Waals surface area contributed by atoms with E-state index in [1.807, 2.05) is 26.0 Å². The lowest BCUT2D eigenvalue weighted by Crippen LogP contribution is -2.02. The number of aryl methyl sites for hydroxylation is 3. The lowest BCUT2D eigenvalue weighted by atomic mass is 10.1. The van der Waals surface area contributed by atoms with Crippen molar-refractivity contribution in [3.63, 3.8) is 0 Å². The first kappa shape index (κ1) is 11.4. The largest absolute Gasteiger partial charge is 0.476 e. The third kappa shape index (κ3) is 2.20. The average molecular weight is 230 g/mol. The van der Waals surface area contributed by atoms with Gasteiger partial charge in [-0.2, -0.15) is 5.10 Å². The van der Waals surface area contributed by atoms with E-state index in [1.165, 1.54) is 0 Å². The van der Waals surface area contributed by atoms with Crippen molar-refractivity contribution in [1.82, 2.24) is 9.78 Å². The van der Waals surface area contributed by atoms with E-state index < -0.39 is 5.97 Å². The molecule has 0 spiro atoms. The molecule has 88 valence electrons. The van der Waals surface area contributed by atoms with Gasteiger partial charge in [-0.25, -0.2) is 9.48 Å². The zero-order valence-corrected chi connectivity index (χ0v) is 10.1. The highest BCUT2D eigenvalue weighted by molar-refractivity contribution is 5.86. The molecule has 4 nitrogen and oxygen atoms in total. The monoisotopic (exact) mass is 230 g/mol. The molecule has 0 fully saturated rings. The number of carboxylic acid groups (broad SMARTS) is 1. The van der Waals surface area contributed by atoms with Crippen LogP contribution in [0.5, 0.6) is 0 Å². The maximum atomic E-state index is 10.9. The number of aromatic nitrogens is 2. The van der Waals surface area contributed by atoms with Gasteiger partial charge in [0.1, 0.15) is 0 Å². The topological polar surface area (TPSA) is 55.1 Å². The van der Waals surface area contributed by atoms with E-state index in [1.54, 1.807) is 17.8 Å². The van der Waals surface area contributed by atoms with Crippen LogP contribution in [0.4, 0.5) is 0 Å². The molecule has 1 N–H and O–H groups in total. The number of hydrogen-bond acceptors (Lipinski definition) is 2. The van der Waals surface area contributed by atoms with Crippen LogP contribution < -0.4 is 0 Å². The van der Waals surface area contributed by atoms with Gasteiger partial charge in [-0.05, 0) is 44.0 Å². The minimum atomic E-state index is -0.995. The van der Waals surface area contributed by atoms with Crippen LogP contribution in [0.25, 0.3) is 5.69 Å². The molecular formula is C13H14N2O2. The predicted octanol–water partition coefficient (Wildman–Crippen LogP) is 2.50. The van der Waals surface area contributed by atoms with Crippen molar-refractivity contribution in [2.75, 3.05) is 0 Å². The number of rotatable bonds is 2. The molecule has 0 saturated carbocycles. The Hall–Kier alpha value is -2.10. The zero-order chi connectivity index (χ0) is 12.6. The van der Waals surface area contributed by atoms with E-state index in [4.69, 9.17) is 5.11 Å². The lowest BCUT2D eigenvalue weighted by molar-refractivity contribution is 0.0689. The third-order valence-corrected chi connectivity index (χ3v) is 2.57. The van der Waals surface area contributed by atoms with E-state index in [2.05, 4.69) is 11.2 Å². The number of benzene rings is 1. The number of carbonyl (C=O) groups is 1. The predicted molar refractivity (Wildman–Crippen MR) is 64.7 cm³/mol. The Morgan fingerprint density at radius 1 is 1.18 bits per heavy atom. The molecule has 0 radical (unpaired) electrons. The van der Waals surface area contributed by atoms with Crippen LogP contribution in [-0.4, -0.2) is 20.9 Å². The molecule has 0 amide bonds. The summed E-state index contributed by atoms with van der Waals surface area (Å²) in [5.74, 6) is -0.995. The Morgan fingerprint density at radius 2 is 1.76 bits per heavy atom. The van der Waals surface area contributed by atoms with Crippen molar-refractivity contribution in [2.45, 2.75) is 20.8 Å². The Labute approximate surface area is 99.5 Å². The second kappa shape index (κ2) is 4.05. The maximum absolute atomic E-state index is 10.9. The van der Waals surface area contributed by atoms with Crippen LogP contribution in [0.1, 0.15) is 27.2 Å². The van der Waals surface area contributed by atoms with E-state index in [0.29, 0.717) is 5.56 Å². The quantitative estimate of drug-likeness (QED) is 0.862. The van der Waals surface area contributed by atoms with E-state index in [9.17, 15) is 4.79 Å². The van der Waals surface area contributed by atoms with Gasteiger partial charge < -0.3 is 5.11 Å².